The maximum absolute atomic E-state index is 12.2. The number of aryl methyl sites for hydroxylation is 1. The van der Waals surface area contributed by atoms with Crippen molar-refractivity contribution in [3.05, 3.63) is 148 Å². The number of aliphatic imine (C=N–C) groups is 2. The zero-order valence-electron chi connectivity index (χ0n) is 38.3. The number of hydrogen-bond donors (Lipinski definition) is 0. The zero-order chi connectivity index (χ0) is 46.6. The Balaban J connectivity index is 0.000000892. The first-order chi connectivity index (χ1) is 28.5. The van der Waals surface area contributed by atoms with Crippen LogP contribution in [-0.2, 0) is 26.2 Å². The van der Waals surface area contributed by atoms with Crippen molar-refractivity contribution in [2.75, 3.05) is 0 Å². The second kappa shape index (κ2) is 30.8. The largest absolute Gasteiger partial charge is 4.00 e. The summed E-state index contributed by atoms with van der Waals surface area (Å²) in [7, 11) is 0. The van der Waals surface area contributed by atoms with E-state index >= 15 is 0 Å². The Morgan fingerprint density at radius 2 is 0.726 bits per heavy atom. The molecule has 0 unspecified atom stereocenters. The first kappa shape index (κ1) is 59.8. The molecule has 0 atom stereocenters. The van der Waals surface area contributed by atoms with E-state index in [0.29, 0.717) is 43.7 Å². The van der Waals surface area contributed by atoms with E-state index in [1.807, 2.05) is 18.2 Å². The quantitative estimate of drug-likeness (QED) is 0.144. The first-order valence-corrected chi connectivity index (χ1v) is 23.6. The maximum atomic E-state index is 12.2. The number of rotatable bonds is 8. The van der Waals surface area contributed by atoms with Gasteiger partial charge in [0.25, 0.3) is 0 Å². The summed E-state index contributed by atoms with van der Waals surface area (Å²) in [6, 6.07) is 30.0. The van der Waals surface area contributed by atoms with E-state index in [9.17, 15) is 20.4 Å². The smallest absolute Gasteiger partial charge is 0.871 e. The molecule has 0 spiro atoms. The molecule has 0 fully saturated rings. The van der Waals surface area contributed by atoms with Gasteiger partial charge in [-0.3, -0.25) is 9.98 Å². The van der Waals surface area contributed by atoms with Crippen LogP contribution in [0.1, 0.15) is 146 Å². The third-order valence-corrected chi connectivity index (χ3v) is 10.5. The summed E-state index contributed by atoms with van der Waals surface area (Å²) in [6.45, 7) is 25.8. The Morgan fingerprint density at radius 1 is 0.452 bits per heavy atom. The fourth-order valence-electron chi connectivity index (χ4n) is 5.48. The Morgan fingerprint density at radius 3 is 0.952 bits per heavy atom. The van der Waals surface area contributed by atoms with E-state index in [-0.39, 0.29) is 37.7 Å². The summed E-state index contributed by atoms with van der Waals surface area (Å²) in [4.78, 5) is 9.39. The van der Waals surface area contributed by atoms with Gasteiger partial charge in [0.15, 0.2) is 0 Å². The second-order valence-electron chi connectivity index (χ2n) is 16.1. The molecular formula is C51H62Br4N2O4Zr. The molecule has 0 aliphatic heterocycles. The van der Waals surface area contributed by atoms with Gasteiger partial charge in [0.2, 0.25) is 0 Å². The van der Waals surface area contributed by atoms with Crippen molar-refractivity contribution in [3.63, 3.8) is 0 Å². The summed E-state index contributed by atoms with van der Waals surface area (Å²) in [5.41, 5.74) is 9.23. The number of benzene rings is 5. The molecule has 0 N–H and O–H groups in total. The van der Waals surface area contributed by atoms with Gasteiger partial charge in [-0.2, -0.15) is 0 Å². The van der Waals surface area contributed by atoms with Crippen LogP contribution in [0.25, 0.3) is 0 Å². The Kier molecular flexibility index (Phi) is 29.7. The summed E-state index contributed by atoms with van der Waals surface area (Å²) >= 11 is 13.4. The van der Waals surface area contributed by atoms with Crippen molar-refractivity contribution in [1.29, 1.82) is 0 Å². The van der Waals surface area contributed by atoms with Crippen LogP contribution in [-0.4, -0.2) is 24.6 Å². The van der Waals surface area contributed by atoms with Crippen LogP contribution in [0.2, 0.25) is 0 Å². The van der Waals surface area contributed by atoms with Crippen LogP contribution in [0, 0.1) is 6.92 Å². The van der Waals surface area contributed by atoms with Gasteiger partial charge in [-0.25, -0.2) is 0 Å². The molecule has 0 radical (unpaired) electrons. The number of nitrogens with zero attached hydrogens (tertiary/aromatic N) is 2. The summed E-state index contributed by atoms with van der Waals surface area (Å²) in [5, 5.41) is 43.5. The van der Waals surface area contributed by atoms with Crippen LogP contribution in [0.3, 0.4) is 0 Å². The minimum atomic E-state index is -0.417. The van der Waals surface area contributed by atoms with Gasteiger partial charge >= 0.3 is 26.2 Å². The molecule has 0 aliphatic rings. The second-order valence-corrected chi connectivity index (χ2v) is 19.6. The molecule has 5 aromatic carbocycles. The van der Waals surface area contributed by atoms with Gasteiger partial charge in [-0.05, 0) is 88.2 Å². The number of halogens is 4. The molecule has 5 aromatic rings. The molecule has 0 saturated carbocycles. The summed E-state index contributed by atoms with van der Waals surface area (Å²) < 4.78 is 2.78. The van der Waals surface area contributed by atoms with Gasteiger partial charge in [0.05, 0.1) is 11.4 Å². The van der Waals surface area contributed by atoms with Crippen molar-refractivity contribution in [2.24, 2.45) is 9.98 Å². The molecule has 0 aliphatic carbocycles. The number of hydrogen-bond acceptors (Lipinski definition) is 6. The monoisotopic (exact) mass is 1170 g/mol. The molecule has 0 amide bonds. The van der Waals surface area contributed by atoms with Crippen LogP contribution in [0.15, 0.2) is 119 Å². The standard InChI is InChI=1S/2C19H21Br2NO.C7H8.2C3H7O.Zr/c2*1-11(2)15-6-5-7-16(12(3)4)18(15)22-10-13-8-14(20)9-17(21)19(13)23;1-7-5-3-2-4-6-7;2*1-3(2)4;/h2*5-12,23H,1-4H3;2-6H,1H3;2*3H,1-2H3;/q;;;2*-1;+4/p-2. The molecule has 332 valence electrons. The SMILES string of the molecule is CC(C)[O-].CC(C)[O-].CC(C)c1cccc(C(C)C)c1N=Cc1cc(Br)cc(Br)c1[O-].CC(C)c1cccc(C(C)C)c1N=Cc1cc(Br)cc(Br)c1[O-].Cc1ccccc1.[Zr+4]. The van der Waals surface area contributed by atoms with E-state index in [0.717, 1.165) is 20.3 Å². The molecule has 6 nitrogen and oxygen atoms in total. The molecular weight excluding hydrogens is 1120 g/mol. The predicted octanol–water partition coefficient (Wildman–Crippen LogP) is 14.1. The van der Waals surface area contributed by atoms with Crippen molar-refractivity contribution in [2.45, 2.75) is 126 Å². The maximum Gasteiger partial charge on any atom is 4.00 e. The summed E-state index contributed by atoms with van der Waals surface area (Å²) in [6.07, 6.45) is 2.51. The zero-order valence-corrected chi connectivity index (χ0v) is 47.1. The molecule has 0 bridgehead atoms. The normalized spacial score (nSPS) is 10.9. The Labute approximate surface area is 425 Å². The molecule has 11 heteroatoms. The average molecular weight is 1180 g/mol. The van der Waals surface area contributed by atoms with E-state index in [4.69, 9.17) is 9.98 Å². The van der Waals surface area contributed by atoms with Crippen LogP contribution in [0.4, 0.5) is 11.4 Å². The fraction of sp³-hybridized carbons (Fsp3) is 0.373. The molecule has 0 aromatic heterocycles. The average Bonchev–Trinajstić information content (AvgIpc) is 3.16. The molecule has 62 heavy (non-hydrogen) atoms. The van der Waals surface area contributed by atoms with E-state index in [1.165, 1.54) is 27.8 Å². The minimum Gasteiger partial charge on any atom is -0.871 e. The van der Waals surface area contributed by atoms with Crippen LogP contribution in [0.5, 0.6) is 11.5 Å². The van der Waals surface area contributed by atoms with Crippen LogP contribution >= 0.6 is 63.7 Å². The van der Waals surface area contributed by atoms with Gasteiger partial charge in [0.1, 0.15) is 0 Å². The van der Waals surface area contributed by atoms with E-state index < -0.39 is 12.2 Å². The number of para-hydroxylation sites is 2. The van der Waals surface area contributed by atoms with Gasteiger partial charge in [0, 0.05) is 30.3 Å². The summed E-state index contributed by atoms with van der Waals surface area (Å²) in [5.74, 6) is 1.41. The van der Waals surface area contributed by atoms with E-state index in [2.05, 4.69) is 175 Å². The van der Waals surface area contributed by atoms with Crippen molar-refractivity contribution in [1.82, 2.24) is 0 Å². The minimum absolute atomic E-state index is 0. The molecule has 0 heterocycles. The Hall–Kier alpha value is -2.24. The molecule has 0 saturated heterocycles. The van der Waals surface area contributed by atoms with Crippen LogP contribution < -0.4 is 20.4 Å². The van der Waals surface area contributed by atoms with Gasteiger partial charge < -0.3 is 20.4 Å². The van der Waals surface area contributed by atoms with Crippen molar-refractivity contribution >= 4 is 87.5 Å². The van der Waals surface area contributed by atoms with Gasteiger partial charge in [-0.1, -0.05) is 231 Å². The first-order valence-electron chi connectivity index (χ1n) is 20.5. The fourth-order valence-corrected chi connectivity index (χ4v) is 7.99. The third-order valence-electron chi connectivity index (χ3n) is 8.37. The topological polar surface area (TPSA) is 117 Å². The Bertz CT molecular complexity index is 1950. The molecule has 5 rings (SSSR count). The third kappa shape index (κ3) is 22.1. The van der Waals surface area contributed by atoms with Crippen molar-refractivity contribution in [3.8, 4) is 11.5 Å². The predicted molar refractivity (Wildman–Crippen MR) is 268 cm³/mol. The van der Waals surface area contributed by atoms with Crippen molar-refractivity contribution < 1.29 is 46.6 Å². The van der Waals surface area contributed by atoms with E-state index in [1.54, 1.807) is 64.4 Å². The van der Waals surface area contributed by atoms with Gasteiger partial charge in [-0.15, -0.1) is 12.2 Å².